The minimum Gasteiger partial charge on any atom is -0.446 e. The summed E-state index contributed by atoms with van der Waals surface area (Å²) in [4.78, 5) is 53.7. The minimum absolute atomic E-state index is 0.0723. The van der Waals surface area contributed by atoms with Crippen LogP contribution >= 0.6 is 15.9 Å². The zero-order valence-electron chi connectivity index (χ0n) is 25.3. The summed E-state index contributed by atoms with van der Waals surface area (Å²) >= 11 is 3.28. The lowest BCUT2D eigenvalue weighted by atomic mass is 10.0. The number of rotatable bonds is 16. The average Bonchev–Trinajstić information content (AvgIpc) is 3.28. The summed E-state index contributed by atoms with van der Waals surface area (Å²) in [5, 5.41) is 5.47. The maximum atomic E-state index is 14.1. The third-order valence-corrected chi connectivity index (χ3v) is 10.6. The fraction of sp³-hybridized carbons (Fsp3) is 0.562. The molecule has 0 unspecified atom stereocenters. The molecule has 1 saturated heterocycles. The normalized spacial score (nSPS) is 25.3. The second-order valence-electron chi connectivity index (χ2n) is 12.0. The van der Waals surface area contributed by atoms with Crippen molar-refractivity contribution in [2.45, 2.75) is 105 Å². The van der Waals surface area contributed by atoms with Crippen molar-refractivity contribution < 1.29 is 36.5 Å². The van der Waals surface area contributed by atoms with Gasteiger partial charge in [-0.2, -0.15) is 8.42 Å². The molecule has 1 heterocycles. The monoisotopic (exact) mass is 707 g/mol. The molecule has 0 spiro atoms. The summed E-state index contributed by atoms with van der Waals surface area (Å²) < 4.78 is 38.0. The summed E-state index contributed by atoms with van der Waals surface area (Å²) in [6.45, 7) is 7.23. The summed E-state index contributed by atoms with van der Waals surface area (Å²) in [6.07, 6.45) is 9.21. The van der Waals surface area contributed by atoms with E-state index in [2.05, 4.69) is 39.7 Å². The number of halogens is 1. The molecule has 0 radical (unpaired) electrons. The summed E-state index contributed by atoms with van der Waals surface area (Å²) in [7, 11) is -4.23. The number of ether oxygens (including phenoxy) is 1. The molecule has 3 fully saturated rings. The van der Waals surface area contributed by atoms with E-state index in [1.807, 2.05) is 6.08 Å². The van der Waals surface area contributed by atoms with Crippen LogP contribution in [0.25, 0.3) is 0 Å². The number of hydrogen-bond donors (Lipinski definition) is 2. The van der Waals surface area contributed by atoms with Gasteiger partial charge in [0, 0.05) is 23.4 Å². The van der Waals surface area contributed by atoms with E-state index in [1.165, 1.54) is 17.0 Å². The van der Waals surface area contributed by atoms with Gasteiger partial charge in [-0.05, 0) is 75.6 Å². The van der Waals surface area contributed by atoms with E-state index in [9.17, 15) is 27.6 Å². The predicted molar refractivity (Wildman–Crippen MR) is 171 cm³/mol. The van der Waals surface area contributed by atoms with E-state index < -0.39 is 51.8 Å². The Bertz CT molecular complexity index is 1360. The van der Waals surface area contributed by atoms with Crippen molar-refractivity contribution in [2.75, 3.05) is 6.54 Å². The first kappa shape index (κ1) is 34.8. The standard InChI is InChI=1S/C32H42BrN3O8S/c1-3-5-6-7-8-13-27(34-31(40)43-24-11-9-10-12-24)30(39)36-20-25(44-45(41,42)26-16-14-23(33)15-17-26)18-28(36)29(38)35-32(21-37)19-22(32)4-2/h3-4,14-17,21-22,24-25,27-28H,1-2,5-13,18-20H2,(H,34,40)(H,35,38)/t22-,25+,27+,28+,32+/m1/s1. The number of alkyl carbamates (subject to hydrolysis) is 1. The van der Waals surface area contributed by atoms with Crippen molar-refractivity contribution in [2.24, 2.45) is 5.92 Å². The van der Waals surface area contributed by atoms with E-state index in [0.717, 1.165) is 44.9 Å². The number of hydrogen-bond acceptors (Lipinski definition) is 8. The third kappa shape index (κ3) is 9.04. The lowest BCUT2D eigenvalue weighted by Gasteiger charge is -2.29. The molecule has 1 aromatic rings. The molecule has 13 heteroatoms. The van der Waals surface area contributed by atoms with Crippen LogP contribution in [0.15, 0.2) is 58.9 Å². The van der Waals surface area contributed by atoms with Crippen LogP contribution in [-0.2, 0) is 33.4 Å². The Labute approximate surface area is 273 Å². The SMILES string of the molecule is C=CCCCCC[C@H](NC(=O)OC1CCCC1)C(=O)N1C[C@@H](OS(=O)(=O)c2ccc(Br)cc2)C[C@H]1C(=O)N[C@]1(C=O)C[C@H]1C=C. The first-order chi connectivity index (χ1) is 21.5. The minimum atomic E-state index is -4.23. The first-order valence-corrected chi connectivity index (χ1v) is 17.7. The van der Waals surface area contributed by atoms with E-state index in [-0.39, 0.29) is 29.9 Å². The van der Waals surface area contributed by atoms with Crippen LogP contribution < -0.4 is 10.6 Å². The molecule has 45 heavy (non-hydrogen) atoms. The molecule has 2 N–H and O–H groups in total. The van der Waals surface area contributed by atoms with Gasteiger partial charge >= 0.3 is 6.09 Å². The van der Waals surface area contributed by atoms with Gasteiger partial charge in [-0.25, -0.2) is 4.79 Å². The number of benzene rings is 1. The lowest BCUT2D eigenvalue weighted by Crippen LogP contribution is -2.55. The van der Waals surface area contributed by atoms with Crippen molar-refractivity contribution in [3.05, 3.63) is 54.0 Å². The predicted octanol–water partition coefficient (Wildman–Crippen LogP) is 4.56. The summed E-state index contributed by atoms with van der Waals surface area (Å²) in [5.74, 6) is -1.40. The molecular weight excluding hydrogens is 666 g/mol. The lowest BCUT2D eigenvalue weighted by molar-refractivity contribution is -0.140. The van der Waals surface area contributed by atoms with Crippen LogP contribution in [0.1, 0.15) is 70.6 Å². The highest BCUT2D eigenvalue weighted by molar-refractivity contribution is 9.10. The molecule has 3 aliphatic rings. The van der Waals surface area contributed by atoms with Crippen molar-refractivity contribution in [1.29, 1.82) is 0 Å². The van der Waals surface area contributed by atoms with Gasteiger partial charge in [0.25, 0.3) is 10.1 Å². The second kappa shape index (κ2) is 15.5. The van der Waals surface area contributed by atoms with Crippen LogP contribution in [0.3, 0.4) is 0 Å². The summed E-state index contributed by atoms with van der Waals surface area (Å²) in [5.41, 5.74) is -1.12. The molecule has 11 nitrogen and oxygen atoms in total. The zero-order valence-corrected chi connectivity index (χ0v) is 27.7. The number of carbonyl (C=O) groups excluding carboxylic acids is 4. The van der Waals surface area contributed by atoms with Crippen LogP contribution in [0.5, 0.6) is 0 Å². The number of aldehydes is 1. The van der Waals surface area contributed by atoms with Gasteiger partial charge in [0.15, 0.2) is 0 Å². The maximum absolute atomic E-state index is 14.1. The fourth-order valence-electron chi connectivity index (χ4n) is 6.02. The third-order valence-electron chi connectivity index (χ3n) is 8.69. The van der Waals surface area contributed by atoms with E-state index >= 15 is 0 Å². The van der Waals surface area contributed by atoms with Gasteiger partial charge in [-0.1, -0.05) is 40.9 Å². The molecule has 0 aromatic heterocycles. The highest BCUT2D eigenvalue weighted by Gasteiger charge is 2.55. The van der Waals surface area contributed by atoms with Crippen molar-refractivity contribution in [3.63, 3.8) is 0 Å². The first-order valence-electron chi connectivity index (χ1n) is 15.5. The Kier molecular flexibility index (Phi) is 12.0. The summed E-state index contributed by atoms with van der Waals surface area (Å²) in [6, 6.07) is 3.76. The van der Waals surface area contributed by atoms with E-state index in [1.54, 1.807) is 18.2 Å². The van der Waals surface area contributed by atoms with Crippen LogP contribution in [-0.4, -0.2) is 73.9 Å². The fourth-order valence-corrected chi connectivity index (χ4v) is 7.36. The highest BCUT2D eigenvalue weighted by atomic mass is 79.9. The maximum Gasteiger partial charge on any atom is 0.408 e. The van der Waals surface area contributed by atoms with Gasteiger partial charge < -0.3 is 25.1 Å². The second-order valence-corrected chi connectivity index (χ2v) is 14.5. The Morgan fingerprint density at radius 1 is 1.09 bits per heavy atom. The molecule has 0 bridgehead atoms. The Morgan fingerprint density at radius 3 is 2.42 bits per heavy atom. The van der Waals surface area contributed by atoms with Gasteiger partial charge in [0.2, 0.25) is 11.8 Å². The molecule has 4 rings (SSSR count). The zero-order chi connectivity index (χ0) is 32.6. The Balaban J connectivity index is 1.54. The average molecular weight is 709 g/mol. The quantitative estimate of drug-likeness (QED) is 0.110. The van der Waals surface area contributed by atoms with E-state index in [0.29, 0.717) is 30.0 Å². The van der Waals surface area contributed by atoms with Gasteiger partial charge in [-0.3, -0.25) is 13.8 Å². The Hall–Kier alpha value is -3.03. The molecule has 5 atom stereocenters. The van der Waals surface area contributed by atoms with Gasteiger partial charge in [0.1, 0.15) is 30.0 Å². The number of nitrogens with one attached hydrogen (secondary N) is 2. The topological polar surface area (TPSA) is 148 Å². The highest BCUT2D eigenvalue weighted by Crippen LogP contribution is 2.43. The molecule has 2 aliphatic carbocycles. The van der Waals surface area contributed by atoms with Gasteiger partial charge in [-0.15, -0.1) is 13.2 Å². The van der Waals surface area contributed by atoms with E-state index in [4.69, 9.17) is 8.92 Å². The number of allylic oxidation sites excluding steroid dienone is 1. The molecule has 1 aromatic carbocycles. The van der Waals surface area contributed by atoms with Gasteiger partial charge in [0.05, 0.1) is 11.0 Å². The Morgan fingerprint density at radius 2 is 1.80 bits per heavy atom. The largest absolute Gasteiger partial charge is 0.446 e. The molecule has 246 valence electrons. The van der Waals surface area contributed by atoms with Crippen molar-refractivity contribution >= 4 is 50.2 Å². The number of amides is 3. The van der Waals surface area contributed by atoms with Crippen LogP contribution in [0.2, 0.25) is 0 Å². The molecular formula is C32H42BrN3O8S. The molecule has 3 amide bonds. The van der Waals surface area contributed by atoms with Crippen LogP contribution in [0, 0.1) is 5.92 Å². The number of likely N-dealkylation sites (tertiary alicyclic amines) is 1. The van der Waals surface area contributed by atoms with Crippen molar-refractivity contribution in [1.82, 2.24) is 15.5 Å². The van der Waals surface area contributed by atoms with Crippen LogP contribution in [0.4, 0.5) is 4.79 Å². The number of carbonyl (C=O) groups is 4. The molecule has 1 aliphatic heterocycles. The number of unbranched alkanes of at least 4 members (excludes halogenated alkanes) is 3. The number of nitrogens with zero attached hydrogens (tertiary/aromatic N) is 1. The van der Waals surface area contributed by atoms with Crippen molar-refractivity contribution in [3.8, 4) is 0 Å². The molecule has 2 saturated carbocycles. The smallest absolute Gasteiger partial charge is 0.408 e.